The van der Waals surface area contributed by atoms with E-state index in [1.807, 2.05) is 0 Å². The molecule has 0 aliphatic heterocycles. The van der Waals surface area contributed by atoms with E-state index in [0.717, 1.165) is 25.7 Å². The number of nitrogens with one attached hydrogen (secondary N) is 1. The Hall–Kier alpha value is -1.42. The topological polar surface area (TPSA) is 49.3 Å². The zero-order valence-electron chi connectivity index (χ0n) is 11.2. The molecule has 2 unspecified atom stereocenters. The molecule has 0 radical (unpaired) electrons. The number of rotatable bonds is 3. The van der Waals surface area contributed by atoms with Crippen LogP contribution in [-0.4, -0.2) is 23.2 Å². The lowest BCUT2D eigenvalue weighted by Gasteiger charge is -2.39. The van der Waals surface area contributed by atoms with Crippen LogP contribution in [0.4, 0.5) is 4.39 Å². The summed E-state index contributed by atoms with van der Waals surface area (Å²) in [4.78, 5) is 12.2. The van der Waals surface area contributed by atoms with Crippen molar-refractivity contribution in [3.05, 3.63) is 35.6 Å². The molecule has 0 saturated heterocycles. The molecule has 4 heteroatoms. The highest BCUT2D eigenvalue weighted by Gasteiger charge is 2.35. The van der Waals surface area contributed by atoms with Crippen molar-refractivity contribution in [1.82, 2.24) is 5.32 Å². The lowest BCUT2D eigenvalue weighted by Crippen LogP contribution is -2.53. The molecule has 1 aliphatic rings. The molecule has 2 atom stereocenters. The number of hydrogen-bond acceptors (Lipinski definition) is 2. The Morgan fingerprint density at radius 3 is 2.74 bits per heavy atom. The van der Waals surface area contributed by atoms with Crippen LogP contribution < -0.4 is 5.32 Å². The van der Waals surface area contributed by atoms with Gasteiger partial charge in [0.2, 0.25) is 0 Å². The minimum absolute atomic E-state index is 0.0513. The fourth-order valence-corrected chi connectivity index (χ4v) is 2.87. The predicted octanol–water partition coefficient (Wildman–Crippen LogP) is 2.50. The van der Waals surface area contributed by atoms with Crippen molar-refractivity contribution in [3.8, 4) is 0 Å². The molecule has 0 aromatic heterocycles. The van der Waals surface area contributed by atoms with Crippen LogP contribution in [0.25, 0.3) is 0 Å². The van der Waals surface area contributed by atoms with Gasteiger partial charge in [0.15, 0.2) is 0 Å². The van der Waals surface area contributed by atoms with Crippen LogP contribution >= 0.6 is 0 Å². The maximum atomic E-state index is 12.8. The van der Waals surface area contributed by atoms with Gasteiger partial charge < -0.3 is 10.4 Å². The van der Waals surface area contributed by atoms with Crippen molar-refractivity contribution in [1.29, 1.82) is 0 Å². The summed E-state index contributed by atoms with van der Waals surface area (Å²) in [6, 6.07) is 5.46. The van der Waals surface area contributed by atoms with Crippen molar-refractivity contribution >= 4 is 5.91 Å². The second-order valence-corrected chi connectivity index (χ2v) is 5.60. The van der Waals surface area contributed by atoms with Crippen LogP contribution in [0.5, 0.6) is 0 Å². The van der Waals surface area contributed by atoms with E-state index in [1.165, 1.54) is 24.3 Å². The molecular formula is C15H20FNO2. The van der Waals surface area contributed by atoms with E-state index in [1.54, 1.807) is 0 Å². The van der Waals surface area contributed by atoms with Gasteiger partial charge in [-0.15, -0.1) is 0 Å². The first kappa shape index (κ1) is 14.0. The number of benzene rings is 1. The zero-order valence-corrected chi connectivity index (χ0v) is 11.2. The third-order valence-electron chi connectivity index (χ3n) is 3.88. The average Bonchev–Trinajstić information content (AvgIpc) is 2.39. The minimum atomic E-state index is -0.525. The molecule has 3 nitrogen and oxygen atoms in total. The van der Waals surface area contributed by atoms with Gasteiger partial charge in [0.25, 0.3) is 5.91 Å². The number of hydrogen-bond donors (Lipinski definition) is 2. The fourth-order valence-electron chi connectivity index (χ4n) is 2.87. The molecule has 2 N–H and O–H groups in total. The number of amides is 1. The summed E-state index contributed by atoms with van der Waals surface area (Å²) >= 11 is 0. The first-order valence-corrected chi connectivity index (χ1v) is 6.74. The molecule has 104 valence electrons. The Labute approximate surface area is 112 Å². The summed E-state index contributed by atoms with van der Waals surface area (Å²) in [5, 5.41) is 12.6. The molecule has 19 heavy (non-hydrogen) atoms. The van der Waals surface area contributed by atoms with Crippen molar-refractivity contribution in [3.63, 3.8) is 0 Å². The van der Waals surface area contributed by atoms with E-state index in [4.69, 9.17) is 0 Å². The van der Waals surface area contributed by atoms with Crippen molar-refractivity contribution in [2.75, 3.05) is 6.61 Å². The van der Waals surface area contributed by atoms with Gasteiger partial charge in [-0.1, -0.05) is 19.8 Å². The van der Waals surface area contributed by atoms with Crippen LogP contribution in [0.15, 0.2) is 24.3 Å². The molecule has 0 spiro atoms. The number of carbonyl (C=O) groups excluding carboxylic acids is 1. The van der Waals surface area contributed by atoms with Gasteiger partial charge in [-0.2, -0.15) is 0 Å². The lowest BCUT2D eigenvalue weighted by atomic mass is 9.76. The molecule has 0 bridgehead atoms. The molecule has 1 saturated carbocycles. The maximum absolute atomic E-state index is 12.8. The van der Waals surface area contributed by atoms with E-state index in [0.29, 0.717) is 11.5 Å². The van der Waals surface area contributed by atoms with Gasteiger partial charge in [-0.25, -0.2) is 4.39 Å². The summed E-state index contributed by atoms with van der Waals surface area (Å²) in [6.07, 6.45) is 3.72. The molecule has 1 aromatic carbocycles. The zero-order chi connectivity index (χ0) is 13.9. The van der Waals surface area contributed by atoms with E-state index in [9.17, 15) is 14.3 Å². The van der Waals surface area contributed by atoms with E-state index in [-0.39, 0.29) is 18.3 Å². The van der Waals surface area contributed by atoms with Crippen molar-refractivity contribution < 1.29 is 14.3 Å². The number of aliphatic hydroxyl groups excluding tert-OH is 1. The summed E-state index contributed by atoms with van der Waals surface area (Å²) < 4.78 is 12.8. The van der Waals surface area contributed by atoms with Crippen molar-refractivity contribution in [2.45, 2.75) is 38.1 Å². The highest BCUT2D eigenvalue weighted by Crippen LogP contribution is 2.32. The molecule has 1 aliphatic carbocycles. The number of carbonyl (C=O) groups is 1. The highest BCUT2D eigenvalue weighted by molar-refractivity contribution is 5.94. The lowest BCUT2D eigenvalue weighted by molar-refractivity contribution is 0.0697. The van der Waals surface area contributed by atoms with Gasteiger partial charge >= 0.3 is 0 Å². The summed E-state index contributed by atoms with van der Waals surface area (Å²) in [5.41, 5.74) is -0.101. The number of aliphatic hydroxyl groups is 1. The summed E-state index contributed by atoms with van der Waals surface area (Å²) in [7, 11) is 0. The third kappa shape index (κ3) is 3.32. The molecule has 1 fully saturated rings. The maximum Gasteiger partial charge on any atom is 0.251 e. The molecular weight excluding hydrogens is 245 g/mol. The number of halogens is 1. The molecule has 2 rings (SSSR count). The average molecular weight is 265 g/mol. The monoisotopic (exact) mass is 265 g/mol. The summed E-state index contributed by atoms with van der Waals surface area (Å²) in [6.45, 7) is 2.08. The summed E-state index contributed by atoms with van der Waals surface area (Å²) in [5.74, 6) is -0.114. The second kappa shape index (κ2) is 5.70. The van der Waals surface area contributed by atoms with Gasteiger partial charge in [0, 0.05) is 5.56 Å². The SMILES string of the molecule is CC1CCCC(CO)(NC(=O)c2ccc(F)cc2)C1. The van der Waals surface area contributed by atoms with Gasteiger partial charge in [-0.3, -0.25) is 4.79 Å². The van der Waals surface area contributed by atoms with E-state index < -0.39 is 5.54 Å². The second-order valence-electron chi connectivity index (χ2n) is 5.60. The molecule has 0 heterocycles. The molecule has 1 amide bonds. The smallest absolute Gasteiger partial charge is 0.251 e. The minimum Gasteiger partial charge on any atom is -0.394 e. The fraction of sp³-hybridized carbons (Fsp3) is 0.533. The Kier molecular flexibility index (Phi) is 4.20. The predicted molar refractivity (Wildman–Crippen MR) is 71.3 cm³/mol. The van der Waals surface area contributed by atoms with Gasteiger partial charge in [-0.05, 0) is 43.0 Å². The Morgan fingerprint density at radius 2 is 2.16 bits per heavy atom. The Bertz CT molecular complexity index is 446. The van der Waals surface area contributed by atoms with E-state index >= 15 is 0 Å². The highest BCUT2D eigenvalue weighted by atomic mass is 19.1. The first-order chi connectivity index (χ1) is 9.04. The normalized spacial score (nSPS) is 27.0. The molecule has 1 aromatic rings. The largest absolute Gasteiger partial charge is 0.394 e. The van der Waals surface area contributed by atoms with E-state index in [2.05, 4.69) is 12.2 Å². The Balaban J connectivity index is 2.09. The van der Waals surface area contributed by atoms with Crippen LogP contribution in [0, 0.1) is 11.7 Å². The third-order valence-corrected chi connectivity index (χ3v) is 3.88. The van der Waals surface area contributed by atoms with Crippen molar-refractivity contribution in [2.24, 2.45) is 5.92 Å². The van der Waals surface area contributed by atoms with Gasteiger partial charge in [0.1, 0.15) is 5.82 Å². The van der Waals surface area contributed by atoms with Crippen LogP contribution in [0.2, 0.25) is 0 Å². The van der Waals surface area contributed by atoms with Gasteiger partial charge in [0.05, 0.1) is 12.1 Å². The van der Waals surface area contributed by atoms with Crippen LogP contribution in [0.1, 0.15) is 43.0 Å². The van der Waals surface area contributed by atoms with Crippen LogP contribution in [0.3, 0.4) is 0 Å². The quantitative estimate of drug-likeness (QED) is 0.882. The Morgan fingerprint density at radius 1 is 1.47 bits per heavy atom. The van der Waals surface area contributed by atoms with Crippen LogP contribution in [-0.2, 0) is 0 Å². The standard InChI is InChI=1S/C15H20FNO2/c1-11-3-2-8-15(9-11,10-18)17-14(19)12-4-6-13(16)7-5-12/h4-7,11,18H,2-3,8-10H2,1H3,(H,17,19). The first-order valence-electron chi connectivity index (χ1n) is 6.74.